The number of phenols is 1. The largest absolute Gasteiger partial charge is 0.502 e. The molecule has 114 valence electrons. The molecule has 7 nitrogen and oxygen atoms in total. The maximum absolute atomic E-state index is 11.0. The quantitative estimate of drug-likeness (QED) is 0.572. The van der Waals surface area contributed by atoms with Crippen LogP contribution in [0.4, 0.5) is 5.69 Å². The van der Waals surface area contributed by atoms with E-state index < -0.39 is 28.4 Å². The summed E-state index contributed by atoms with van der Waals surface area (Å²) in [5.74, 6) is -2.09. The van der Waals surface area contributed by atoms with E-state index in [-0.39, 0.29) is 5.56 Å². The molecule has 0 aromatic heterocycles. The number of nitro benzene ring substituents is 1. The summed E-state index contributed by atoms with van der Waals surface area (Å²) in [4.78, 5) is 21.3. The van der Waals surface area contributed by atoms with Crippen molar-refractivity contribution < 1.29 is 19.9 Å². The Kier molecular flexibility index (Phi) is 4.38. The summed E-state index contributed by atoms with van der Waals surface area (Å²) in [7, 11) is 0. The Bertz CT molecular complexity index is 715. The zero-order valence-electron chi connectivity index (χ0n) is 11.5. The number of carboxylic acids is 1. The van der Waals surface area contributed by atoms with Crippen molar-refractivity contribution in [3.8, 4) is 5.75 Å². The number of benzene rings is 2. The van der Waals surface area contributed by atoms with Crippen molar-refractivity contribution in [1.82, 2.24) is 0 Å². The molecule has 0 heterocycles. The van der Waals surface area contributed by atoms with Gasteiger partial charge in [0.15, 0.2) is 5.75 Å². The standard InChI is InChI=1S/C15H14N2O5/c16-13(15(19)20)11-7-10(6-9-4-2-1-3-5-9)8-12(14(11)18)17(21)22/h1-5,7-8,13,18H,6,16H2,(H,19,20)/t13-/m0/s1. The van der Waals surface area contributed by atoms with Crippen molar-refractivity contribution in [2.24, 2.45) is 5.73 Å². The highest BCUT2D eigenvalue weighted by Crippen LogP contribution is 2.35. The van der Waals surface area contributed by atoms with Gasteiger partial charge in [0, 0.05) is 11.6 Å². The summed E-state index contributed by atoms with van der Waals surface area (Å²) in [5, 5.41) is 29.9. The number of aliphatic carboxylic acids is 1. The van der Waals surface area contributed by atoms with E-state index in [0.29, 0.717) is 12.0 Å². The molecule has 0 spiro atoms. The van der Waals surface area contributed by atoms with Crippen molar-refractivity contribution in [3.63, 3.8) is 0 Å². The Morgan fingerprint density at radius 2 is 1.86 bits per heavy atom. The maximum atomic E-state index is 11.0. The number of carbonyl (C=O) groups is 1. The number of aromatic hydroxyl groups is 1. The van der Waals surface area contributed by atoms with Gasteiger partial charge in [0.2, 0.25) is 0 Å². The predicted molar refractivity (Wildman–Crippen MR) is 78.6 cm³/mol. The second-order valence-electron chi connectivity index (χ2n) is 4.79. The van der Waals surface area contributed by atoms with Crippen molar-refractivity contribution in [3.05, 3.63) is 69.3 Å². The molecule has 0 radical (unpaired) electrons. The first-order chi connectivity index (χ1) is 10.4. The number of carboxylic acid groups (broad SMARTS) is 1. The predicted octanol–water partition coefficient (Wildman–Crippen LogP) is 1.98. The molecule has 0 saturated heterocycles. The van der Waals surface area contributed by atoms with E-state index in [1.807, 2.05) is 30.3 Å². The molecule has 0 amide bonds. The van der Waals surface area contributed by atoms with Crippen LogP contribution in [0.1, 0.15) is 22.7 Å². The number of phenolic OH excluding ortho intramolecular Hbond substituents is 1. The lowest BCUT2D eigenvalue weighted by atomic mass is 9.98. The Hall–Kier alpha value is -2.93. The van der Waals surface area contributed by atoms with Gasteiger partial charge in [0.25, 0.3) is 0 Å². The van der Waals surface area contributed by atoms with Crippen molar-refractivity contribution >= 4 is 11.7 Å². The molecule has 2 aromatic carbocycles. The number of nitrogens with zero attached hydrogens (tertiary/aromatic N) is 1. The van der Waals surface area contributed by atoms with E-state index in [1.54, 1.807) is 0 Å². The Morgan fingerprint density at radius 1 is 1.23 bits per heavy atom. The van der Waals surface area contributed by atoms with Gasteiger partial charge < -0.3 is 15.9 Å². The molecule has 2 rings (SSSR count). The van der Waals surface area contributed by atoms with E-state index >= 15 is 0 Å². The van der Waals surface area contributed by atoms with E-state index in [1.165, 1.54) is 12.1 Å². The fourth-order valence-electron chi connectivity index (χ4n) is 2.14. The van der Waals surface area contributed by atoms with Crippen LogP contribution < -0.4 is 5.73 Å². The Labute approximate surface area is 125 Å². The molecule has 0 bridgehead atoms. The van der Waals surface area contributed by atoms with Crippen LogP contribution in [0.3, 0.4) is 0 Å². The van der Waals surface area contributed by atoms with Gasteiger partial charge in [-0.15, -0.1) is 0 Å². The molecule has 4 N–H and O–H groups in total. The average Bonchev–Trinajstić information content (AvgIpc) is 2.48. The zero-order valence-corrected chi connectivity index (χ0v) is 11.5. The summed E-state index contributed by atoms with van der Waals surface area (Å²) in [5.41, 5.74) is 6.16. The normalized spacial score (nSPS) is 11.9. The summed E-state index contributed by atoms with van der Waals surface area (Å²) in [6, 6.07) is 10.3. The van der Waals surface area contributed by atoms with Gasteiger partial charge >= 0.3 is 11.7 Å². The second-order valence-corrected chi connectivity index (χ2v) is 4.79. The maximum Gasteiger partial charge on any atom is 0.325 e. The molecular weight excluding hydrogens is 288 g/mol. The van der Waals surface area contributed by atoms with Crippen LogP contribution in [0.5, 0.6) is 5.75 Å². The first-order valence-corrected chi connectivity index (χ1v) is 6.42. The van der Waals surface area contributed by atoms with Crippen LogP contribution in [0.25, 0.3) is 0 Å². The highest BCUT2D eigenvalue weighted by Gasteiger charge is 2.26. The molecule has 7 heteroatoms. The third kappa shape index (κ3) is 3.21. The fraction of sp³-hybridized carbons (Fsp3) is 0.133. The molecule has 22 heavy (non-hydrogen) atoms. The van der Waals surface area contributed by atoms with Gasteiger partial charge in [-0.1, -0.05) is 30.3 Å². The third-order valence-electron chi connectivity index (χ3n) is 3.23. The topological polar surface area (TPSA) is 127 Å². The van der Waals surface area contributed by atoms with E-state index in [9.17, 15) is 20.0 Å². The molecule has 0 aliphatic carbocycles. The summed E-state index contributed by atoms with van der Waals surface area (Å²) >= 11 is 0. The molecule has 1 atom stereocenters. The number of hydrogen-bond donors (Lipinski definition) is 3. The lowest BCUT2D eigenvalue weighted by molar-refractivity contribution is -0.386. The summed E-state index contributed by atoms with van der Waals surface area (Å²) in [6.45, 7) is 0. The fourth-order valence-corrected chi connectivity index (χ4v) is 2.14. The second kappa shape index (κ2) is 6.23. The zero-order chi connectivity index (χ0) is 16.3. The molecule has 0 unspecified atom stereocenters. The van der Waals surface area contributed by atoms with Crippen LogP contribution in [-0.2, 0) is 11.2 Å². The summed E-state index contributed by atoms with van der Waals surface area (Å²) < 4.78 is 0. The SMILES string of the molecule is N[C@H](C(=O)O)c1cc(Cc2ccccc2)cc([N+](=O)[O-])c1O. The molecule has 0 fully saturated rings. The van der Waals surface area contributed by atoms with Crippen LogP contribution in [0.15, 0.2) is 42.5 Å². The third-order valence-corrected chi connectivity index (χ3v) is 3.23. The lowest BCUT2D eigenvalue weighted by Crippen LogP contribution is -2.21. The molecular formula is C15H14N2O5. The lowest BCUT2D eigenvalue weighted by Gasteiger charge is -2.12. The van der Waals surface area contributed by atoms with Gasteiger partial charge in [0.1, 0.15) is 6.04 Å². The highest BCUT2D eigenvalue weighted by atomic mass is 16.6. The van der Waals surface area contributed by atoms with Crippen LogP contribution in [0.2, 0.25) is 0 Å². The van der Waals surface area contributed by atoms with Crippen LogP contribution >= 0.6 is 0 Å². The van der Waals surface area contributed by atoms with Crippen molar-refractivity contribution in [2.45, 2.75) is 12.5 Å². The van der Waals surface area contributed by atoms with Gasteiger partial charge in [-0.05, 0) is 23.6 Å². The first kappa shape index (κ1) is 15.5. The summed E-state index contributed by atoms with van der Waals surface area (Å²) in [6.07, 6.45) is 0.362. The number of nitrogens with two attached hydrogens (primary N) is 1. The Morgan fingerprint density at radius 3 is 2.41 bits per heavy atom. The minimum absolute atomic E-state index is 0.173. The molecule has 2 aromatic rings. The van der Waals surface area contributed by atoms with Gasteiger partial charge in [-0.2, -0.15) is 0 Å². The minimum atomic E-state index is -1.53. The molecule has 0 aliphatic heterocycles. The van der Waals surface area contributed by atoms with E-state index in [4.69, 9.17) is 10.8 Å². The van der Waals surface area contributed by atoms with Crippen molar-refractivity contribution in [1.29, 1.82) is 0 Å². The first-order valence-electron chi connectivity index (χ1n) is 6.42. The minimum Gasteiger partial charge on any atom is -0.502 e. The van der Waals surface area contributed by atoms with E-state index in [2.05, 4.69) is 0 Å². The smallest absolute Gasteiger partial charge is 0.325 e. The molecule has 0 aliphatic rings. The average molecular weight is 302 g/mol. The van der Waals surface area contributed by atoms with Crippen LogP contribution in [0, 0.1) is 10.1 Å². The van der Waals surface area contributed by atoms with Crippen LogP contribution in [-0.4, -0.2) is 21.1 Å². The van der Waals surface area contributed by atoms with Gasteiger partial charge in [0.05, 0.1) is 4.92 Å². The van der Waals surface area contributed by atoms with E-state index in [0.717, 1.165) is 5.56 Å². The number of nitro groups is 1. The van der Waals surface area contributed by atoms with Gasteiger partial charge in [-0.3, -0.25) is 14.9 Å². The number of hydrogen-bond acceptors (Lipinski definition) is 5. The monoisotopic (exact) mass is 302 g/mol. The number of rotatable bonds is 5. The molecule has 0 saturated carbocycles. The highest BCUT2D eigenvalue weighted by molar-refractivity contribution is 5.77. The van der Waals surface area contributed by atoms with Gasteiger partial charge in [-0.25, -0.2) is 0 Å². The van der Waals surface area contributed by atoms with Crippen molar-refractivity contribution in [2.75, 3.05) is 0 Å². The Balaban J connectivity index is 2.50.